The summed E-state index contributed by atoms with van der Waals surface area (Å²) in [6.07, 6.45) is 8.25. The molecule has 0 saturated heterocycles. The first kappa shape index (κ1) is 13.5. The molecule has 0 aromatic carbocycles. The molecule has 2 atom stereocenters. The smallest absolute Gasteiger partial charge is 0.0601 e. The van der Waals surface area contributed by atoms with Gasteiger partial charge in [0.1, 0.15) is 0 Å². The number of nitrogens with zero attached hydrogens (tertiary/aromatic N) is 1. The Balaban J connectivity index is 2.37. The van der Waals surface area contributed by atoms with Crippen LogP contribution in [0.15, 0.2) is 0 Å². The van der Waals surface area contributed by atoms with Crippen LogP contribution in [0.3, 0.4) is 0 Å². The lowest BCUT2D eigenvalue weighted by Gasteiger charge is -2.32. The summed E-state index contributed by atoms with van der Waals surface area (Å²) in [5, 5.41) is 3.42. The molecule has 0 heterocycles. The van der Waals surface area contributed by atoms with Gasteiger partial charge in [-0.3, -0.25) is 4.90 Å². The van der Waals surface area contributed by atoms with Gasteiger partial charge < -0.3 is 5.32 Å². The lowest BCUT2D eigenvalue weighted by Crippen LogP contribution is -2.42. The predicted octanol–water partition coefficient (Wildman–Crippen LogP) is 1.97. The predicted molar refractivity (Wildman–Crippen MR) is 70.3 cm³/mol. The van der Waals surface area contributed by atoms with Crippen molar-refractivity contribution in [2.45, 2.75) is 39.7 Å². The number of hydrogen-bond acceptors (Lipinski definition) is 2. The van der Waals surface area contributed by atoms with Gasteiger partial charge in [-0.1, -0.05) is 19.8 Å². The molecule has 1 aliphatic carbocycles. The lowest BCUT2D eigenvalue weighted by molar-refractivity contribution is 0.172. The number of terminal acetylenes is 1. The second-order valence-electron chi connectivity index (χ2n) is 5.10. The maximum absolute atomic E-state index is 5.46. The zero-order valence-corrected chi connectivity index (χ0v) is 11.0. The van der Waals surface area contributed by atoms with Gasteiger partial charge in [0.25, 0.3) is 0 Å². The number of rotatable bonds is 8. The molecule has 1 N–H and O–H groups in total. The molecular formula is C14H26N2. The summed E-state index contributed by atoms with van der Waals surface area (Å²) in [7, 11) is 0. The highest BCUT2D eigenvalue weighted by Crippen LogP contribution is 2.30. The Morgan fingerprint density at radius 3 is 2.62 bits per heavy atom. The van der Waals surface area contributed by atoms with Crippen LogP contribution in [0, 0.1) is 24.2 Å². The summed E-state index contributed by atoms with van der Waals surface area (Å²) in [6, 6.07) is 0.579. The molecule has 0 aliphatic heterocycles. The molecule has 2 heteroatoms. The van der Waals surface area contributed by atoms with Gasteiger partial charge in [0.2, 0.25) is 0 Å². The van der Waals surface area contributed by atoms with E-state index in [-0.39, 0.29) is 0 Å². The van der Waals surface area contributed by atoms with Gasteiger partial charge in [-0.25, -0.2) is 0 Å². The van der Waals surface area contributed by atoms with Gasteiger partial charge in [0.15, 0.2) is 0 Å². The van der Waals surface area contributed by atoms with E-state index in [0.717, 1.165) is 25.6 Å². The number of hydrogen-bond donors (Lipinski definition) is 1. The van der Waals surface area contributed by atoms with E-state index in [9.17, 15) is 0 Å². The third kappa shape index (κ3) is 4.55. The van der Waals surface area contributed by atoms with Crippen molar-refractivity contribution in [1.29, 1.82) is 0 Å². The molecule has 1 saturated carbocycles. The van der Waals surface area contributed by atoms with E-state index in [2.05, 4.69) is 36.9 Å². The van der Waals surface area contributed by atoms with E-state index in [4.69, 9.17) is 6.42 Å². The van der Waals surface area contributed by atoms with Gasteiger partial charge in [-0.05, 0) is 44.7 Å². The van der Waals surface area contributed by atoms with E-state index in [1.165, 1.54) is 19.4 Å². The summed E-state index contributed by atoms with van der Waals surface area (Å²) < 4.78 is 0. The second kappa shape index (κ2) is 6.93. The molecule has 2 unspecified atom stereocenters. The Morgan fingerprint density at radius 1 is 1.44 bits per heavy atom. The van der Waals surface area contributed by atoms with Crippen molar-refractivity contribution < 1.29 is 0 Å². The van der Waals surface area contributed by atoms with Crippen LogP contribution in [-0.4, -0.2) is 37.1 Å². The van der Waals surface area contributed by atoms with Crippen molar-refractivity contribution in [3.63, 3.8) is 0 Å². The fraction of sp³-hybridized carbons (Fsp3) is 0.857. The van der Waals surface area contributed by atoms with Crippen LogP contribution in [0.5, 0.6) is 0 Å². The average molecular weight is 222 g/mol. The van der Waals surface area contributed by atoms with Gasteiger partial charge in [-0.2, -0.15) is 0 Å². The summed E-state index contributed by atoms with van der Waals surface area (Å²) in [5.41, 5.74) is 0. The first-order valence-electron chi connectivity index (χ1n) is 6.57. The van der Waals surface area contributed by atoms with Crippen molar-refractivity contribution in [2.75, 3.05) is 26.2 Å². The van der Waals surface area contributed by atoms with Crippen molar-refractivity contribution in [3.8, 4) is 12.3 Å². The second-order valence-corrected chi connectivity index (χ2v) is 5.10. The zero-order valence-electron chi connectivity index (χ0n) is 11.0. The van der Waals surface area contributed by atoms with Crippen molar-refractivity contribution in [2.24, 2.45) is 11.8 Å². The standard InChI is InChI=1S/C14H26N2/c1-5-9-16(11-14-7-8-14)13(4)12(3)10-15-6-2/h1,12-15H,6-11H2,2-4H3. The fourth-order valence-electron chi connectivity index (χ4n) is 2.03. The molecule has 0 radical (unpaired) electrons. The van der Waals surface area contributed by atoms with Crippen LogP contribution in [-0.2, 0) is 0 Å². The lowest BCUT2D eigenvalue weighted by atomic mass is 10.0. The molecule has 0 aromatic heterocycles. The largest absolute Gasteiger partial charge is 0.317 e. The van der Waals surface area contributed by atoms with Crippen molar-refractivity contribution in [1.82, 2.24) is 10.2 Å². The zero-order chi connectivity index (χ0) is 12.0. The van der Waals surface area contributed by atoms with Crippen LogP contribution in [0.2, 0.25) is 0 Å². The summed E-state index contributed by atoms with van der Waals surface area (Å²) in [5.74, 6) is 4.38. The molecule has 0 aromatic rings. The molecule has 92 valence electrons. The summed E-state index contributed by atoms with van der Waals surface area (Å²) in [6.45, 7) is 10.9. The van der Waals surface area contributed by atoms with Gasteiger partial charge >= 0.3 is 0 Å². The maximum Gasteiger partial charge on any atom is 0.0601 e. The highest BCUT2D eigenvalue weighted by molar-refractivity contribution is 4.92. The van der Waals surface area contributed by atoms with Crippen LogP contribution in [0.25, 0.3) is 0 Å². The first-order chi connectivity index (χ1) is 7.69. The molecular weight excluding hydrogens is 196 g/mol. The fourth-order valence-corrected chi connectivity index (χ4v) is 2.03. The first-order valence-corrected chi connectivity index (χ1v) is 6.57. The summed E-state index contributed by atoms with van der Waals surface area (Å²) >= 11 is 0. The minimum atomic E-state index is 0.579. The third-order valence-corrected chi connectivity index (χ3v) is 3.60. The Bertz CT molecular complexity index is 227. The average Bonchev–Trinajstić information content (AvgIpc) is 3.08. The Kier molecular flexibility index (Phi) is 5.87. The van der Waals surface area contributed by atoms with Crippen molar-refractivity contribution >= 4 is 0 Å². The Morgan fingerprint density at radius 2 is 2.12 bits per heavy atom. The van der Waals surface area contributed by atoms with Crippen LogP contribution >= 0.6 is 0 Å². The van der Waals surface area contributed by atoms with E-state index in [0.29, 0.717) is 12.0 Å². The van der Waals surface area contributed by atoms with Crippen LogP contribution < -0.4 is 5.32 Å². The highest BCUT2D eigenvalue weighted by atomic mass is 15.2. The third-order valence-electron chi connectivity index (χ3n) is 3.60. The summed E-state index contributed by atoms with van der Waals surface area (Å²) in [4.78, 5) is 2.47. The minimum absolute atomic E-state index is 0.579. The van der Waals surface area contributed by atoms with Crippen LogP contribution in [0.4, 0.5) is 0 Å². The Labute approximate surface area is 101 Å². The Hall–Kier alpha value is -0.520. The monoisotopic (exact) mass is 222 g/mol. The van der Waals surface area contributed by atoms with Crippen LogP contribution in [0.1, 0.15) is 33.6 Å². The van der Waals surface area contributed by atoms with Crippen molar-refractivity contribution in [3.05, 3.63) is 0 Å². The molecule has 0 bridgehead atoms. The maximum atomic E-state index is 5.46. The molecule has 1 rings (SSSR count). The highest BCUT2D eigenvalue weighted by Gasteiger charge is 2.27. The van der Waals surface area contributed by atoms with Gasteiger partial charge in [0, 0.05) is 12.6 Å². The normalized spacial score (nSPS) is 19.4. The molecule has 1 fully saturated rings. The van der Waals surface area contributed by atoms with E-state index in [1.54, 1.807) is 0 Å². The molecule has 16 heavy (non-hydrogen) atoms. The molecule has 2 nitrogen and oxygen atoms in total. The van der Waals surface area contributed by atoms with E-state index >= 15 is 0 Å². The van der Waals surface area contributed by atoms with Gasteiger partial charge in [-0.15, -0.1) is 6.42 Å². The SMILES string of the molecule is C#CCN(CC1CC1)C(C)C(C)CNCC. The number of nitrogens with one attached hydrogen (secondary N) is 1. The molecule has 0 amide bonds. The molecule has 0 spiro atoms. The topological polar surface area (TPSA) is 15.3 Å². The van der Waals surface area contributed by atoms with E-state index in [1.807, 2.05) is 0 Å². The van der Waals surface area contributed by atoms with E-state index < -0.39 is 0 Å². The quantitative estimate of drug-likeness (QED) is 0.632. The van der Waals surface area contributed by atoms with Gasteiger partial charge in [0.05, 0.1) is 6.54 Å². The molecule has 1 aliphatic rings. The minimum Gasteiger partial charge on any atom is -0.317 e.